The van der Waals surface area contributed by atoms with Crippen LogP contribution in [0, 0.1) is 0 Å². The smallest absolute Gasteiger partial charge is 0.326 e. The lowest BCUT2D eigenvalue weighted by Gasteiger charge is -2.14. The molecule has 0 bridgehead atoms. The molecule has 1 atom stereocenters. The normalized spacial score (nSPS) is 12.0. The third-order valence-electron chi connectivity index (χ3n) is 5.15. The molecule has 0 saturated heterocycles. The highest BCUT2D eigenvalue weighted by Gasteiger charge is 2.14. The lowest BCUT2D eigenvalue weighted by molar-refractivity contribution is 0.0940. The molecule has 0 unspecified atom stereocenters. The Labute approximate surface area is 169 Å². The van der Waals surface area contributed by atoms with Gasteiger partial charge < -0.3 is 10.3 Å². The maximum Gasteiger partial charge on any atom is 0.326 e. The summed E-state index contributed by atoms with van der Waals surface area (Å²) in [5.41, 5.74) is 4.06. The molecule has 3 aromatic carbocycles. The zero-order valence-electron chi connectivity index (χ0n) is 16.3. The van der Waals surface area contributed by atoms with Crippen molar-refractivity contribution >= 4 is 16.9 Å². The van der Waals surface area contributed by atoms with E-state index in [0.717, 1.165) is 17.5 Å². The minimum absolute atomic E-state index is 0.103. The Balaban J connectivity index is 1.52. The van der Waals surface area contributed by atoms with Crippen molar-refractivity contribution in [2.75, 3.05) is 0 Å². The summed E-state index contributed by atoms with van der Waals surface area (Å²) in [5.74, 6) is -0.166. The van der Waals surface area contributed by atoms with Crippen molar-refractivity contribution in [1.29, 1.82) is 0 Å². The van der Waals surface area contributed by atoms with E-state index in [0.29, 0.717) is 17.6 Å². The molecular weight excluding hydrogens is 362 g/mol. The van der Waals surface area contributed by atoms with Gasteiger partial charge >= 0.3 is 5.69 Å². The average molecular weight is 385 g/mol. The molecule has 1 heterocycles. The van der Waals surface area contributed by atoms with Gasteiger partial charge in [0.15, 0.2) is 0 Å². The number of hydrogen-bond acceptors (Lipinski definition) is 2. The van der Waals surface area contributed by atoms with Gasteiger partial charge in [-0.1, -0.05) is 60.7 Å². The van der Waals surface area contributed by atoms with Gasteiger partial charge in [-0.2, -0.15) is 0 Å². The number of nitrogens with zero attached hydrogens (tertiary/aromatic N) is 1. The van der Waals surface area contributed by atoms with Gasteiger partial charge in [0.2, 0.25) is 0 Å². The first kappa shape index (κ1) is 18.7. The van der Waals surface area contributed by atoms with E-state index in [1.54, 1.807) is 16.7 Å². The predicted octanol–water partition coefficient (Wildman–Crippen LogP) is 4.06. The molecule has 0 fully saturated rings. The van der Waals surface area contributed by atoms with E-state index >= 15 is 0 Å². The van der Waals surface area contributed by atoms with Crippen LogP contribution in [0.5, 0.6) is 0 Å². The number of hydrogen-bond donors (Lipinski definition) is 2. The summed E-state index contributed by atoms with van der Waals surface area (Å²) in [4.78, 5) is 27.9. The second-order valence-electron chi connectivity index (χ2n) is 7.16. The first-order valence-corrected chi connectivity index (χ1v) is 9.74. The first-order chi connectivity index (χ1) is 14.1. The van der Waals surface area contributed by atoms with Crippen LogP contribution < -0.4 is 11.0 Å². The van der Waals surface area contributed by atoms with Gasteiger partial charge in [-0.3, -0.25) is 9.36 Å². The molecule has 4 rings (SSSR count). The lowest BCUT2D eigenvalue weighted by atomic mass is 10.1. The Morgan fingerprint density at radius 3 is 2.41 bits per heavy atom. The summed E-state index contributed by atoms with van der Waals surface area (Å²) in [6, 6.07) is 25.1. The largest absolute Gasteiger partial charge is 0.346 e. The summed E-state index contributed by atoms with van der Waals surface area (Å²) in [7, 11) is 0. The maximum absolute atomic E-state index is 12.7. The van der Waals surface area contributed by atoms with Crippen LogP contribution in [0.2, 0.25) is 0 Å². The predicted molar refractivity (Wildman–Crippen MR) is 115 cm³/mol. The van der Waals surface area contributed by atoms with Crippen molar-refractivity contribution in [2.24, 2.45) is 0 Å². The number of nitrogens with one attached hydrogen (secondary N) is 2. The van der Waals surface area contributed by atoms with Crippen LogP contribution in [-0.2, 0) is 13.0 Å². The maximum atomic E-state index is 12.7. The van der Waals surface area contributed by atoms with E-state index in [9.17, 15) is 9.59 Å². The number of rotatable bonds is 6. The quantitative estimate of drug-likeness (QED) is 0.526. The fourth-order valence-corrected chi connectivity index (χ4v) is 3.52. The molecule has 146 valence electrons. The van der Waals surface area contributed by atoms with Gasteiger partial charge in [-0.25, -0.2) is 4.79 Å². The van der Waals surface area contributed by atoms with Crippen molar-refractivity contribution < 1.29 is 4.79 Å². The number of aryl methyl sites for hydroxylation is 2. The number of carbonyl (C=O) groups excluding carboxylic acids is 1. The fraction of sp³-hybridized carbons (Fsp3) is 0.167. The highest BCUT2D eigenvalue weighted by atomic mass is 16.2. The van der Waals surface area contributed by atoms with Gasteiger partial charge in [0, 0.05) is 12.1 Å². The van der Waals surface area contributed by atoms with Crippen LogP contribution in [0.3, 0.4) is 0 Å². The Morgan fingerprint density at radius 2 is 1.69 bits per heavy atom. The van der Waals surface area contributed by atoms with E-state index in [2.05, 4.69) is 22.4 Å². The second kappa shape index (κ2) is 8.19. The summed E-state index contributed by atoms with van der Waals surface area (Å²) >= 11 is 0. The third kappa shape index (κ3) is 4.14. The van der Waals surface area contributed by atoms with E-state index < -0.39 is 0 Å². The SMILES string of the molecule is C[C@@H](NC(=O)c1ccc2c(c1)[nH]c(=O)n2CCc1ccccc1)c1ccccc1. The van der Waals surface area contributed by atoms with Crippen molar-refractivity contribution in [3.05, 3.63) is 106 Å². The zero-order chi connectivity index (χ0) is 20.2. The topological polar surface area (TPSA) is 66.9 Å². The Bertz CT molecular complexity index is 1180. The molecule has 5 heteroatoms. The third-order valence-corrected chi connectivity index (χ3v) is 5.15. The Morgan fingerprint density at radius 1 is 1.00 bits per heavy atom. The number of amides is 1. The molecule has 29 heavy (non-hydrogen) atoms. The van der Waals surface area contributed by atoms with Crippen LogP contribution >= 0.6 is 0 Å². The van der Waals surface area contributed by atoms with Gasteiger partial charge in [0.1, 0.15) is 0 Å². The first-order valence-electron chi connectivity index (χ1n) is 9.74. The number of aromatic nitrogens is 2. The monoisotopic (exact) mass is 385 g/mol. The minimum Gasteiger partial charge on any atom is -0.346 e. The molecule has 0 aliphatic heterocycles. The molecule has 0 aliphatic carbocycles. The standard InChI is InChI=1S/C24H23N3O2/c1-17(19-10-6-3-7-11-19)25-23(28)20-12-13-22-21(16-20)26-24(29)27(22)15-14-18-8-4-2-5-9-18/h2-13,16-17H,14-15H2,1H3,(H,25,28)(H,26,29)/t17-/m1/s1. The summed E-state index contributed by atoms with van der Waals surface area (Å²) in [5, 5.41) is 3.01. The van der Waals surface area contributed by atoms with Crippen molar-refractivity contribution in [3.8, 4) is 0 Å². The lowest BCUT2D eigenvalue weighted by Crippen LogP contribution is -2.26. The fourth-order valence-electron chi connectivity index (χ4n) is 3.52. The van der Waals surface area contributed by atoms with Crippen molar-refractivity contribution in [2.45, 2.75) is 25.9 Å². The number of aromatic amines is 1. The van der Waals surface area contributed by atoms with E-state index in [1.807, 2.05) is 61.5 Å². The molecule has 1 aromatic heterocycles. The van der Waals surface area contributed by atoms with E-state index in [1.165, 1.54) is 5.56 Å². The molecule has 1 amide bonds. The van der Waals surface area contributed by atoms with Gasteiger partial charge in [-0.15, -0.1) is 0 Å². The van der Waals surface area contributed by atoms with E-state index in [4.69, 9.17) is 0 Å². The molecule has 5 nitrogen and oxygen atoms in total. The van der Waals surface area contributed by atoms with E-state index in [-0.39, 0.29) is 17.6 Å². The number of H-pyrrole nitrogens is 1. The number of benzene rings is 3. The van der Waals surface area contributed by atoms with Gasteiger partial charge in [0.05, 0.1) is 17.1 Å². The number of fused-ring (bicyclic) bond motifs is 1. The van der Waals surface area contributed by atoms with Crippen LogP contribution in [0.15, 0.2) is 83.7 Å². The minimum atomic E-state index is -0.166. The van der Waals surface area contributed by atoms with Crippen molar-refractivity contribution in [3.63, 3.8) is 0 Å². The Kier molecular flexibility index (Phi) is 5.29. The second-order valence-corrected chi connectivity index (χ2v) is 7.16. The number of imidazole rings is 1. The Hall–Kier alpha value is -3.60. The van der Waals surface area contributed by atoms with Crippen molar-refractivity contribution in [1.82, 2.24) is 14.9 Å². The van der Waals surface area contributed by atoms with Crippen LogP contribution in [0.4, 0.5) is 0 Å². The summed E-state index contributed by atoms with van der Waals surface area (Å²) in [6.45, 7) is 2.53. The molecule has 0 saturated carbocycles. The zero-order valence-corrected chi connectivity index (χ0v) is 16.3. The van der Waals surface area contributed by atoms with Crippen LogP contribution in [-0.4, -0.2) is 15.5 Å². The average Bonchev–Trinajstić information content (AvgIpc) is 3.07. The van der Waals surface area contributed by atoms with Gasteiger partial charge in [-0.05, 0) is 42.7 Å². The molecule has 4 aromatic rings. The highest BCUT2D eigenvalue weighted by molar-refractivity contribution is 5.97. The highest BCUT2D eigenvalue weighted by Crippen LogP contribution is 2.16. The molecule has 2 N–H and O–H groups in total. The van der Waals surface area contributed by atoms with Gasteiger partial charge in [0.25, 0.3) is 5.91 Å². The molecular formula is C24H23N3O2. The summed E-state index contributed by atoms with van der Waals surface area (Å²) < 4.78 is 1.72. The molecule has 0 aliphatic rings. The molecule has 0 radical (unpaired) electrons. The van der Waals surface area contributed by atoms with Crippen LogP contribution in [0.1, 0.15) is 34.5 Å². The van der Waals surface area contributed by atoms with Crippen LogP contribution in [0.25, 0.3) is 11.0 Å². The molecule has 0 spiro atoms. The summed E-state index contributed by atoms with van der Waals surface area (Å²) in [6.07, 6.45) is 0.768. The number of carbonyl (C=O) groups is 1.